The zero-order valence-electron chi connectivity index (χ0n) is 13.8. The Balaban J connectivity index is 2.68. The lowest BCUT2D eigenvalue weighted by Gasteiger charge is -2.31. The molecule has 0 heterocycles. The number of carbonyl (C=O) groups excluding carboxylic acids is 1. The van der Waals surface area contributed by atoms with Crippen LogP contribution in [0.15, 0.2) is 24.3 Å². The molecule has 1 aromatic carbocycles. The molecule has 0 bridgehead atoms. The largest absolute Gasteiger partial charge is 0.412 e. The van der Waals surface area contributed by atoms with Gasteiger partial charge in [-0.05, 0) is 25.2 Å². The number of nitrogens with zero attached hydrogens (tertiary/aromatic N) is 2. The number of amides is 1. The highest BCUT2D eigenvalue weighted by molar-refractivity contribution is 5.70. The van der Waals surface area contributed by atoms with E-state index in [1.54, 1.807) is 7.05 Å². The Kier molecular flexibility index (Phi) is 6.65. The van der Waals surface area contributed by atoms with E-state index in [1.165, 1.54) is 5.69 Å². The third-order valence-corrected chi connectivity index (χ3v) is 3.82. The third kappa shape index (κ3) is 5.36. The molecular formula is C16H28N3O2+. The standard InChI is InChI=1S/C16H27N3O2/c1-6-18(7-2)12-13-19(4,5)14-8-10-15(11-9-14)21-16(20)17-3/h8-11H,6-7,12-13H2,1-5H3/p+1. The molecular weight excluding hydrogens is 266 g/mol. The van der Waals surface area contributed by atoms with Gasteiger partial charge in [-0.1, -0.05) is 13.8 Å². The van der Waals surface area contributed by atoms with Gasteiger partial charge in [0.05, 0.1) is 20.6 Å². The number of hydrogen-bond donors (Lipinski definition) is 1. The second-order valence-electron chi connectivity index (χ2n) is 5.57. The average molecular weight is 294 g/mol. The maximum Gasteiger partial charge on any atom is 0.412 e. The van der Waals surface area contributed by atoms with Crippen LogP contribution in [0, 0.1) is 0 Å². The van der Waals surface area contributed by atoms with Crippen LogP contribution in [0.1, 0.15) is 13.8 Å². The molecule has 5 nitrogen and oxygen atoms in total. The number of carbonyl (C=O) groups is 1. The van der Waals surface area contributed by atoms with Crippen molar-refractivity contribution in [2.45, 2.75) is 13.8 Å². The highest BCUT2D eigenvalue weighted by Crippen LogP contribution is 2.22. The SMILES string of the molecule is CCN(CC)CC[N+](C)(C)c1ccc(OC(=O)NC)cc1. The van der Waals surface area contributed by atoms with Gasteiger partial charge < -0.3 is 10.1 Å². The first-order valence-electron chi connectivity index (χ1n) is 7.48. The highest BCUT2D eigenvalue weighted by atomic mass is 16.5. The quantitative estimate of drug-likeness (QED) is 0.785. The van der Waals surface area contributed by atoms with Crippen LogP contribution in [0.4, 0.5) is 10.5 Å². The molecule has 0 aliphatic carbocycles. The van der Waals surface area contributed by atoms with E-state index < -0.39 is 6.09 Å². The Morgan fingerprint density at radius 1 is 1.19 bits per heavy atom. The summed E-state index contributed by atoms with van der Waals surface area (Å²) in [4.78, 5) is 13.6. The molecule has 0 atom stereocenters. The predicted molar refractivity (Wildman–Crippen MR) is 87.8 cm³/mol. The topological polar surface area (TPSA) is 41.6 Å². The Hall–Kier alpha value is -1.59. The second kappa shape index (κ2) is 8.00. The van der Waals surface area contributed by atoms with Crippen LogP contribution in [-0.4, -0.2) is 58.3 Å². The van der Waals surface area contributed by atoms with Crippen molar-refractivity contribution in [1.29, 1.82) is 0 Å². The van der Waals surface area contributed by atoms with E-state index in [-0.39, 0.29) is 0 Å². The third-order valence-electron chi connectivity index (χ3n) is 3.82. The number of ether oxygens (including phenoxy) is 1. The molecule has 1 rings (SSSR count). The molecule has 0 aliphatic heterocycles. The summed E-state index contributed by atoms with van der Waals surface area (Å²) in [6, 6.07) is 7.70. The number of likely N-dealkylation sites (N-methyl/N-ethyl adjacent to an activating group) is 2. The molecule has 118 valence electrons. The van der Waals surface area contributed by atoms with Gasteiger partial charge in [0.2, 0.25) is 0 Å². The molecule has 0 aliphatic rings. The van der Waals surface area contributed by atoms with E-state index in [9.17, 15) is 4.79 Å². The second-order valence-corrected chi connectivity index (χ2v) is 5.57. The van der Waals surface area contributed by atoms with E-state index in [2.05, 4.69) is 38.2 Å². The van der Waals surface area contributed by atoms with Gasteiger partial charge in [0.15, 0.2) is 0 Å². The maximum absolute atomic E-state index is 11.2. The van der Waals surface area contributed by atoms with Crippen molar-refractivity contribution in [3.8, 4) is 5.75 Å². The summed E-state index contributed by atoms with van der Waals surface area (Å²) in [5.41, 5.74) is 1.20. The van der Waals surface area contributed by atoms with E-state index >= 15 is 0 Å². The number of nitrogens with one attached hydrogen (secondary N) is 1. The molecule has 1 aromatic rings. The summed E-state index contributed by atoms with van der Waals surface area (Å²) >= 11 is 0. The molecule has 0 saturated heterocycles. The zero-order chi connectivity index (χ0) is 15.9. The van der Waals surface area contributed by atoms with Crippen molar-refractivity contribution in [3.05, 3.63) is 24.3 Å². The molecule has 0 saturated carbocycles. The number of quaternary nitrogens is 1. The van der Waals surface area contributed by atoms with E-state index in [1.807, 2.05) is 24.3 Å². The van der Waals surface area contributed by atoms with E-state index in [0.717, 1.165) is 30.7 Å². The van der Waals surface area contributed by atoms with Crippen molar-refractivity contribution < 1.29 is 9.53 Å². The molecule has 1 amide bonds. The van der Waals surface area contributed by atoms with Gasteiger partial charge in [-0.25, -0.2) is 4.79 Å². The van der Waals surface area contributed by atoms with Gasteiger partial charge in [-0.2, -0.15) is 0 Å². The van der Waals surface area contributed by atoms with Gasteiger partial charge in [-0.15, -0.1) is 0 Å². The van der Waals surface area contributed by atoms with Crippen molar-refractivity contribution in [3.63, 3.8) is 0 Å². The molecule has 0 radical (unpaired) electrons. The fourth-order valence-electron chi connectivity index (χ4n) is 2.14. The summed E-state index contributed by atoms with van der Waals surface area (Å²) in [5, 5.41) is 2.43. The predicted octanol–water partition coefficient (Wildman–Crippen LogP) is 2.31. The molecule has 0 fully saturated rings. The smallest absolute Gasteiger partial charge is 0.410 e. The van der Waals surface area contributed by atoms with E-state index in [0.29, 0.717) is 5.75 Å². The molecule has 21 heavy (non-hydrogen) atoms. The first-order valence-corrected chi connectivity index (χ1v) is 7.48. The lowest BCUT2D eigenvalue weighted by Crippen LogP contribution is -2.46. The fourth-order valence-corrected chi connectivity index (χ4v) is 2.14. The van der Waals surface area contributed by atoms with Crippen LogP contribution in [0.5, 0.6) is 5.75 Å². The minimum absolute atomic E-state index is 0.446. The van der Waals surface area contributed by atoms with Crippen molar-refractivity contribution in [2.75, 3.05) is 47.3 Å². The normalized spacial score (nSPS) is 11.5. The van der Waals surface area contributed by atoms with Gasteiger partial charge in [-0.3, -0.25) is 9.38 Å². The van der Waals surface area contributed by atoms with Crippen LogP contribution in [-0.2, 0) is 0 Å². The Labute approximate surface area is 128 Å². The van der Waals surface area contributed by atoms with Crippen molar-refractivity contribution in [1.82, 2.24) is 14.7 Å². The molecule has 0 unspecified atom stereocenters. The number of rotatable bonds is 7. The van der Waals surface area contributed by atoms with Crippen LogP contribution in [0.2, 0.25) is 0 Å². The van der Waals surface area contributed by atoms with Gasteiger partial charge in [0, 0.05) is 25.7 Å². The van der Waals surface area contributed by atoms with Gasteiger partial charge in [0.1, 0.15) is 11.4 Å². The minimum atomic E-state index is -0.446. The Morgan fingerprint density at radius 3 is 2.24 bits per heavy atom. The van der Waals surface area contributed by atoms with Crippen molar-refractivity contribution in [2.24, 2.45) is 0 Å². The lowest BCUT2D eigenvalue weighted by molar-refractivity contribution is 0.203. The van der Waals surface area contributed by atoms with Crippen molar-refractivity contribution >= 4 is 11.8 Å². The van der Waals surface area contributed by atoms with Crippen LogP contribution in [0.25, 0.3) is 0 Å². The summed E-state index contributed by atoms with van der Waals surface area (Å²) in [6.45, 7) is 8.64. The Morgan fingerprint density at radius 2 is 1.76 bits per heavy atom. The fraction of sp³-hybridized carbons (Fsp3) is 0.562. The first kappa shape index (κ1) is 17.5. The summed E-state index contributed by atoms with van der Waals surface area (Å²) in [6.07, 6.45) is -0.446. The minimum Gasteiger partial charge on any atom is -0.410 e. The molecule has 0 spiro atoms. The van der Waals surface area contributed by atoms with Crippen LogP contribution < -0.4 is 14.5 Å². The maximum atomic E-state index is 11.2. The van der Waals surface area contributed by atoms with Gasteiger partial charge >= 0.3 is 6.09 Å². The summed E-state index contributed by atoms with van der Waals surface area (Å²) in [7, 11) is 5.93. The van der Waals surface area contributed by atoms with Crippen LogP contribution >= 0.6 is 0 Å². The molecule has 0 aromatic heterocycles. The highest BCUT2D eigenvalue weighted by Gasteiger charge is 2.19. The Bertz CT molecular complexity index is 439. The first-order chi connectivity index (χ1) is 9.92. The summed E-state index contributed by atoms with van der Waals surface area (Å²) < 4.78 is 5.90. The number of benzene rings is 1. The average Bonchev–Trinajstić information content (AvgIpc) is 2.48. The van der Waals surface area contributed by atoms with E-state index in [4.69, 9.17) is 4.74 Å². The number of hydrogen-bond acceptors (Lipinski definition) is 3. The van der Waals surface area contributed by atoms with Crippen LogP contribution in [0.3, 0.4) is 0 Å². The molecule has 1 N–H and O–H groups in total. The lowest BCUT2D eigenvalue weighted by atomic mass is 10.2. The zero-order valence-corrected chi connectivity index (χ0v) is 13.8. The molecule has 5 heteroatoms. The monoisotopic (exact) mass is 294 g/mol. The summed E-state index contributed by atoms with van der Waals surface area (Å²) in [5.74, 6) is 0.557. The van der Waals surface area contributed by atoms with Gasteiger partial charge in [0.25, 0.3) is 0 Å².